The van der Waals surface area contributed by atoms with E-state index in [0.29, 0.717) is 37.1 Å². The Bertz CT molecular complexity index is 3050. The molecule has 2 aromatic heterocycles. The number of aliphatic hydroxyl groups excluding tert-OH is 1. The van der Waals surface area contributed by atoms with Gasteiger partial charge < -0.3 is 90.1 Å². The van der Waals surface area contributed by atoms with Crippen molar-refractivity contribution in [2.24, 2.45) is 35.1 Å². The molecule has 97 heavy (non-hydrogen) atoms. The maximum atomic E-state index is 15.2. The maximum absolute atomic E-state index is 15.2. The molecule has 3 heterocycles. The van der Waals surface area contributed by atoms with Gasteiger partial charge in [0.05, 0.1) is 25.7 Å². The number of primary amides is 2. The summed E-state index contributed by atoms with van der Waals surface area (Å²) in [5.41, 5.74) is 7.99. The quantitative estimate of drug-likeness (QED) is 0.0366. The molecule has 540 valence electrons. The Morgan fingerprint density at radius 3 is 1.67 bits per heavy atom. The molecular weight excluding hydrogens is 1260 g/mol. The lowest BCUT2D eigenvalue weighted by Gasteiger charge is -2.35. The topological polar surface area (TPSA) is 521 Å². The molecule has 12 atom stereocenters. The van der Waals surface area contributed by atoms with Gasteiger partial charge in [0.25, 0.3) is 0 Å². The summed E-state index contributed by atoms with van der Waals surface area (Å²) >= 11 is 0. The van der Waals surface area contributed by atoms with Crippen LogP contribution >= 0.6 is 0 Å². The van der Waals surface area contributed by atoms with Crippen molar-refractivity contribution in [2.75, 3.05) is 6.61 Å². The van der Waals surface area contributed by atoms with Crippen molar-refractivity contribution in [1.82, 2.24) is 78.4 Å². The van der Waals surface area contributed by atoms with Gasteiger partial charge in [0.2, 0.25) is 76.8 Å². The highest BCUT2D eigenvalue weighted by Crippen LogP contribution is 2.22. The van der Waals surface area contributed by atoms with Gasteiger partial charge in [-0.05, 0) is 102 Å². The summed E-state index contributed by atoms with van der Waals surface area (Å²) in [5, 5.41) is 48.2. The van der Waals surface area contributed by atoms with Crippen LogP contribution in [0.3, 0.4) is 0 Å². The number of hydrogen-bond acceptors (Lipinski definition) is 17. The standard InChI is InChI=1S/C64H103N17O16/c1-12-37(8)51-60(95)76-43(24-35(4)5)55(90)74-46(27-40-30-68-33-70-40)59(94)81-63(10,21-17-15-13-14-16-18-22-64(11,62(97)79-51)80-58(93)45(71-38(9)83)26-39-29-67-32-69-39)61(96)78-44(25-36(6)7)56(91)73-42(23-34(2)3)54(89)72-41(19-20-49(65)84)53(88)75-47(28-50(85)86)57(92)77-48(31-82)52(66)87/h13-14,29-30,32-37,41-48,51,82H,12,15-28,31H2,1-11H3,(H2,65,84)(H2,66,87)(H,67,69)(H,68,70)(H,71,83)(H,72,89)(H,73,91)(H,74,90)(H,75,88)(H,76,95)(H,77,92)(H,78,96)(H,79,97)(H,80,93)(H,81,94)(H,85,86)/b14-13-/t37-,41-,42-,43-,44-,45-,46-,47-,48-,51-,63-,64-/m0/s1. The number of aliphatic carboxylic acids is 1. The minimum Gasteiger partial charge on any atom is -0.481 e. The Hall–Kier alpha value is -9.30. The van der Waals surface area contributed by atoms with Crippen LogP contribution in [0.2, 0.25) is 0 Å². The molecular formula is C64H103N17O16. The van der Waals surface area contributed by atoms with Crippen LogP contribution in [0.15, 0.2) is 37.2 Å². The molecule has 33 nitrogen and oxygen atoms in total. The van der Waals surface area contributed by atoms with Crippen molar-refractivity contribution in [3.05, 3.63) is 48.6 Å². The van der Waals surface area contributed by atoms with Crippen molar-refractivity contribution in [3.63, 3.8) is 0 Å². The van der Waals surface area contributed by atoms with E-state index in [2.05, 4.69) is 73.1 Å². The molecule has 0 saturated carbocycles. The highest BCUT2D eigenvalue weighted by Gasteiger charge is 2.43. The van der Waals surface area contributed by atoms with Gasteiger partial charge in [-0.15, -0.1) is 0 Å². The van der Waals surface area contributed by atoms with E-state index < -0.39 is 180 Å². The summed E-state index contributed by atoms with van der Waals surface area (Å²) in [4.78, 5) is 207. The number of allylic oxidation sites excluding steroid dienone is 2. The molecule has 3 rings (SSSR count). The van der Waals surface area contributed by atoms with E-state index in [9.17, 15) is 67.7 Å². The van der Waals surface area contributed by atoms with Crippen LogP contribution in [0.4, 0.5) is 0 Å². The Morgan fingerprint density at radius 1 is 0.629 bits per heavy atom. The van der Waals surface area contributed by atoms with Crippen LogP contribution in [0.25, 0.3) is 0 Å². The van der Waals surface area contributed by atoms with Gasteiger partial charge in [0, 0.05) is 50.0 Å². The lowest BCUT2D eigenvalue weighted by Crippen LogP contribution is -2.65. The monoisotopic (exact) mass is 1370 g/mol. The smallest absolute Gasteiger partial charge is 0.305 e. The molecule has 0 saturated heterocycles. The third-order valence-corrected chi connectivity index (χ3v) is 16.3. The molecule has 13 amide bonds. The second kappa shape index (κ2) is 39.7. The first-order valence-corrected chi connectivity index (χ1v) is 32.9. The van der Waals surface area contributed by atoms with E-state index in [0.717, 1.165) is 0 Å². The molecule has 0 bridgehead atoms. The minimum absolute atomic E-state index is 0.00101. The van der Waals surface area contributed by atoms with Gasteiger partial charge in [-0.1, -0.05) is 74.0 Å². The molecule has 0 aliphatic carbocycles. The van der Waals surface area contributed by atoms with E-state index >= 15 is 9.59 Å². The van der Waals surface area contributed by atoms with Gasteiger partial charge in [-0.2, -0.15) is 0 Å². The zero-order valence-electron chi connectivity index (χ0n) is 57.4. The number of carboxylic acid groups (broad SMARTS) is 1. The van der Waals surface area contributed by atoms with Crippen molar-refractivity contribution < 1.29 is 77.3 Å². The number of carboxylic acids is 1. The average molecular weight is 1370 g/mol. The fraction of sp³-hybridized carbons (Fsp3) is 0.656. The first kappa shape index (κ1) is 81.9. The van der Waals surface area contributed by atoms with Crippen molar-refractivity contribution >= 4 is 82.8 Å². The predicted molar refractivity (Wildman–Crippen MR) is 352 cm³/mol. The number of rotatable bonds is 32. The van der Waals surface area contributed by atoms with Gasteiger partial charge >= 0.3 is 5.97 Å². The number of aromatic nitrogens is 4. The summed E-state index contributed by atoms with van der Waals surface area (Å²) < 4.78 is 0. The number of amides is 13. The lowest BCUT2D eigenvalue weighted by atomic mass is 9.90. The molecule has 1 aliphatic rings. The molecule has 1 aliphatic heterocycles. The number of hydrogen-bond donors (Lipinski definition) is 17. The Labute approximate surface area is 564 Å². The third-order valence-electron chi connectivity index (χ3n) is 16.3. The zero-order valence-corrected chi connectivity index (χ0v) is 57.4. The van der Waals surface area contributed by atoms with Crippen LogP contribution in [0, 0.1) is 23.7 Å². The van der Waals surface area contributed by atoms with Crippen molar-refractivity contribution in [3.8, 4) is 0 Å². The van der Waals surface area contributed by atoms with Gasteiger partial charge in [0.1, 0.15) is 65.5 Å². The van der Waals surface area contributed by atoms with Gasteiger partial charge in [-0.25, -0.2) is 9.97 Å². The Kier molecular flexibility index (Phi) is 33.5. The normalized spacial score (nSPS) is 21.7. The Balaban J connectivity index is 2.13. The summed E-state index contributed by atoms with van der Waals surface area (Å²) in [5.74, 6) is -14.5. The number of H-pyrrole nitrogens is 2. The molecule has 2 aromatic rings. The number of carbonyl (C=O) groups is 14. The Morgan fingerprint density at radius 2 is 1.15 bits per heavy atom. The number of nitrogens with zero attached hydrogens (tertiary/aromatic N) is 2. The first-order valence-electron chi connectivity index (χ1n) is 32.9. The molecule has 0 aromatic carbocycles. The number of carbonyl (C=O) groups excluding carboxylic acids is 13. The van der Waals surface area contributed by atoms with Crippen LogP contribution in [-0.4, -0.2) is 185 Å². The van der Waals surface area contributed by atoms with E-state index in [1.54, 1.807) is 34.6 Å². The highest BCUT2D eigenvalue weighted by molar-refractivity contribution is 6.01. The van der Waals surface area contributed by atoms with E-state index in [-0.39, 0.29) is 69.1 Å². The molecule has 0 radical (unpaired) electrons. The number of nitrogens with two attached hydrogens (primary N) is 2. The lowest BCUT2D eigenvalue weighted by molar-refractivity contribution is -0.141. The van der Waals surface area contributed by atoms with Gasteiger partial charge in [-0.3, -0.25) is 67.1 Å². The average Bonchev–Trinajstić information content (AvgIpc) is 1.01. The van der Waals surface area contributed by atoms with Crippen LogP contribution in [0.5, 0.6) is 0 Å². The fourth-order valence-corrected chi connectivity index (χ4v) is 10.7. The SMILES string of the molecule is CC[C@H](C)[C@@H]1NC(=O)[C@@](C)(NC(=O)[C@H](Cc2cnc[nH]2)NC(C)=O)CCC/C=C\CCC[C@@](C)(C(=O)N[C@@H](CC(C)C)C(=O)N[C@@H](CC(C)C)C(=O)N[C@@H](CCC(N)=O)C(=O)N[C@@H](CC(=O)O)C(=O)N[C@@H](CO)C(N)=O)NC(=O)[C@H](Cc2cnc[nH]2)NC(=O)[C@H](CC(C)C)NC1=O. The summed E-state index contributed by atoms with van der Waals surface area (Å²) in [6.07, 6.45) is 8.64. The second-order valence-electron chi connectivity index (χ2n) is 26.5. The fourth-order valence-electron chi connectivity index (χ4n) is 10.7. The first-order chi connectivity index (χ1) is 45.5. The minimum atomic E-state index is -1.90. The van der Waals surface area contributed by atoms with Crippen LogP contribution in [0.1, 0.15) is 171 Å². The van der Waals surface area contributed by atoms with Gasteiger partial charge in [0.15, 0.2) is 0 Å². The molecule has 0 spiro atoms. The summed E-state index contributed by atoms with van der Waals surface area (Å²) in [6.45, 7) is 17.4. The number of aliphatic hydroxyl groups is 1. The van der Waals surface area contributed by atoms with E-state index in [1.165, 1.54) is 45.8 Å². The summed E-state index contributed by atoms with van der Waals surface area (Å²) in [6, 6.07) is -13.3. The number of imidazole rings is 2. The van der Waals surface area contributed by atoms with Crippen LogP contribution < -0.4 is 70.0 Å². The molecule has 33 heteroatoms. The van der Waals surface area contributed by atoms with Crippen molar-refractivity contribution in [2.45, 2.75) is 238 Å². The maximum Gasteiger partial charge on any atom is 0.305 e. The highest BCUT2D eigenvalue weighted by atomic mass is 16.4. The number of nitrogens with one attached hydrogen (secondary N) is 13. The van der Waals surface area contributed by atoms with E-state index in [4.69, 9.17) is 11.5 Å². The largest absolute Gasteiger partial charge is 0.481 e. The number of aromatic amines is 2. The second-order valence-corrected chi connectivity index (χ2v) is 26.5. The zero-order chi connectivity index (χ0) is 72.9. The molecule has 19 N–H and O–H groups in total. The van der Waals surface area contributed by atoms with E-state index in [1.807, 2.05) is 38.2 Å². The molecule has 0 fully saturated rings. The van der Waals surface area contributed by atoms with Crippen molar-refractivity contribution in [1.29, 1.82) is 0 Å². The third kappa shape index (κ3) is 28.1. The van der Waals surface area contributed by atoms with Crippen LogP contribution in [-0.2, 0) is 80.0 Å². The molecule has 0 unspecified atom stereocenters. The summed E-state index contributed by atoms with van der Waals surface area (Å²) in [7, 11) is 0. The predicted octanol–water partition coefficient (Wildman–Crippen LogP) is -1.64.